The van der Waals surface area contributed by atoms with Crippen molar-refractivity contribution >= 4 is 5.91 Å². The molecule has 3 nitrogen and oxygen atoms in total. The molecule has 0 radical (unpaired) electrons. The van der Waals surface area contributed by atoms with Crippen molar-refractivity contribution < 1.29 is 9.90 Å². The van der Waals surface area contributed by atoms with Gasteiger partial charge < -0.3 is 10.0 Å². The van der Waals surface area contributed by atoms with Crippen LogP contribution in [0.15, 0.2) is 0 Å². The molecule has 1 atom stereocenters. The lowest BCUT2D eigenvalue weighted by molar-refractivity contribution is -0.152. The number of aliphatic hydroxyl groups is 1. The number of carbonyl (C=O) groups excluding carboxylic acids is 1. The van der Waals surface area contributed by atoms with Crippen LogP contribution in [0, 0.1) is 5.41 Å². The summed E-state index contributed by atoms with van der Waals surface area (Å²) >= 11 is 0. The zero-order valence-corrected chi connectivity index (χ0v) is 8.22. The first-order valence-corrected chi connectivity index (χ1v) is 4.27. The van der Waals surface area contributed by atoms with Gasteiger partial charge in [-0.25, -0.2) is 0 Å². The standard InChI is InChI=1S/C9H17NO2/c1-8(2,3)9(12)5-6-10(4)7(9)11/h12H,5-6H2,1-4H3/t9-/m0/s1. The Labute approximate surface area is 73.4 Å². The first-order valence-electron chi connectivity index (χ1n) is 4.27. The van der Waals surface area contributed by atoms with Crippen molar-refractivity contribution in [3.8, 4) is 0 Å². The molecule has 12 heavy (non-hydrogen) atoms. The molecular formula is C9H17NO2. The molecule has 0 aromatic carbocycles. The van der Waals surface area contributed by atoms with E-state index in [1.54, 1.807) is 11.9 Å². The third-order valence-electron chi connectivity index (χ3n) is 2.75. The summed E-state index contributed by atoms with van der Waals surface area (Å²) in [7, 11) is 1.73. The highest BCUT2D eigenvalue weighted by Gasteiger charge is 2.51. The Morgan fingerprint density at radius 2 is 2.00 bits per heavy atom. The lowest BCUT2D eigenvalue weighted by Crippen LogP contribution is -2.49. The Hall–Kier alpha value is -0.570. The van der Waals surface area contributed by atoms with Crippen molar-refractivity contribution in [2.45, 2.75) is 32.8 Å². The van der Waals surface area contributed by atoms with Gasteiger partial charge in [-0.1, -0.05) is 20.8 Å². The average molecular weight is 171 g/mol. The Kier molecular flexibility index (Phi) is 1.95. The predicted octanol–water partition coefficient (Wildman–Crippen LogP) is 0.626. The quantitative estimate of drug-likeness (QED) is 0.580. The molecule has 0 spiro atoms. The van der Waals surface area contributed by atoms with Gasteiger partial charge in [-0.15, -0.1) is 0 Å². The van der Waals surface area contributed by atoms with Crippen LogP contribution in [0.3, 0.4) is 0 Å². The maximum absolute atomic E-state index is 11.5. The van der Waals surface area contributed by atoms with Gasteiger partial charge in [-0.3, -0.25) is 4.79 Å². The van der Waals surface area contributed by atoms with Crippen molar-refractivity contribution in [2.75, 3.05) is 13.6 Å². The zero-order valence-electron chi connectivity index (χ0n) is 8.22. The number of likely N-dealkylation sites (N-methyl/N-ethyl adjacent to an activating group) is 1. The fraction of sp³-hybridized carbons (Fsp3) is 0.889. The van der Waals surface area contributed by atoms with Gasteiger partial charge in [-0.2, -0.15) is 0 Å². The smallest absolute Gasteiger partial charge is 0.254 e. The van der Waals surface area contributed by atoms with Gasteiger partial charge in [0.25, 0.3) is 5.91 Å². The highest BCUT2D eigenvalue weighted by atomic mass is 16.3. The van der Waals surface area contributed by atoms with Gasteiger partial charge in [0.2, 0.25) is 0 Å². The largest absolute Gasteiger partial charge is 0.379 e. The maximum Gasteiger partial charge on any atom is 0.254 e. The first kappa shape index (κ1) is 9.52. The molecule has 0 aliphatic carbocycles. The molecule has 0 bridgehead atoms. The lowest BCUT2D eigenvalue weighted by Gasteiger charge is -2.34. The summed E-state index contributed by atoms with van der Waals surface area (Å²) in [6.07, 6.45) is 0.547. The fourth-order valence-electron chi connectivity index (χ4n) is 1.55. The molecule has 70 valence electrons. The number of hydrogen-bond donors (Lipinski definition) is 1. The number of likely N-dealkylation sites (tertiary alicyclic amines) is 1. The van der Waals surface area contributed by atoms with Crippen LogP contribution in [0.1, 0.15) is 27.2 Å². The minimum absolute atomic E-state index is 0.144. The highest BCUT2D eigenvalue weighted by Crippen LogP contribution is 2.38. The SMILES string of the molecule is CN1CC[C@@](O)(C(C)(C)C)C1=O. The molecule has 0 saturated carbocycles. The molecule has 1 fully saturated rings. The first-order chi connectivity index (χ1) is 5.29. The van der Waals surface area contributed by atoms with Crippen LogP contribution < -0.4 is 0 Å². The van der Waals surface area contributed by atoms with Crippen LogP contribution in [0.5, 0.6) is 0 Å². The Bertz CT molecular complexity index is 207. The number of carbonyl (C=O) groups is 1. The molecule has 1 rings (SSSR count). The van der Waals surface area contributed by atoms with Crippen molar-refractivity contribution in [1.29, 1.82) is 0 Å². The summed E-state index contributed by atoms with van der Waals surface area (Å²) in [6.45, 7) is 6.34. The molecule has 1 saturated heterocycles. The molecule has 1 N–H and O–H groups in total. The topological polar surface area (TPSA) is 40.5 Å². The van der Waals surface area contributed by atoms with Crippen molar-refractivity contribution in [1.82, 2.24) is 4.90 Å². The fourth-order valence-corrected chi connectivity index (χ4v) is 1.55. The van der Waals surface area contributed by atoms with Crippen LogP contribution in [-0.2, 0) is 4.79 Å². The number of amides is 1. The predicted molar refractivity (Wildman–Crippen MR) is 46.7 cm³/mol. The molecule has 0 aromatic heterocycles. The van der Waals surface area contributed by atoms with E-state index < -0.39 is 5.60 Å². The molecule has 1 aliphatic heterocycles. The van der Waals surface area contributed by atoms with E-state index in [9.17, 15) is 9.90 Å². The van der Waals surface area contributed by atoms with Gasteiger partial charge in [-0.05, 0) is 5.41 Å². The minimum Gasteiger partial charge on any atom is -0.379 e. The Morgan fingerprint density at radius 1 is 1.50 bits per heavy atom. The normalized spacial score (nSPS) is 31.4. The minimum atomic E-state index is -1.15. The Morgan fingerprint density at radius 3 is 2.17 bits per heavy atom. The zero-order chi connectivity index (χ0) is 9.57. The molecule has 1 heterocycles. The second-order valence-electron chi connectivity index (χ2n) is 4.59. The van der Waals surface area contributed by atoms with Crippen LogP contribution in [0.2, 0.25) is 0 Å². The second-order valence-corrected chi connectivity index (χ2v) is 4.59. The van der Waals surface area contributed by atoms with Crippen LogP contribution in [0.25, 0.3) is 0 Å². The lowest BCUT2D eigenvalue weighted by atomic mass is 9.75. The summed E-state index contributed by atoms with van der Waals surface area (Å²) < 4.78 is 0. The molecule has 1 aliphatic rings. The number of rotatable bonds is 0. The third kappa shape index (κ3) is 1.12. The number of hydrogen-bond acceptors (Lipinski definition) is 2. The summed E-state index contributed by atoms with van der Waals surface area (Å²) in [5, 5.41) is 10.1. The van der Waals surface area contributed by atoms with E-state index in [0.717, 1.165) is 0 Å². The summed E-state index contributed by atoms with van der Waals surface area (Å²) in [6, 6.07) is 0. The molecule has 1 amide bonds. The van der Waals surface area contributed by atoms with Gasteiger partial charge >= 0.3 is 0 Å². The van der Waals surface area contributed by atoms with E-state index in [0.29, 0.717) is 13.0 Å². The van der Waals surface area contributed by atoms with E-state index in [2.05, 4.69) is 0 Å². The van der Waals surface area contributed by atoms with Crippen LogP contribution in [0.4, 0.5) is 0 Å². The van der Waals surface area contributed by atoms with Gasteiger partial charge in [0.15, 0.2) is 0 Å². The average Bonchev–Trinajstić information content (AvgIpc) is 2.16. The van der Waals surface area contributed by atoms with Gasteiger partial charge in [0.1, 0.15) is 5.60 Å². The van der Waals surface area contributed by atoms with Crippen LogP contribution in [-0.4, -0.2) is 35.1 Å². The second kappa shape index (κ2) is 2.46. The molecule has 0 unspecified atom stereocenters. The molecule has 0 aromatic rings. The summed E-state index contributed by atoms with van der Waals surface area (Å²) in [5.74, 6) is -0.144. The monoisotopic (exact) mass is 171 g/mol. The maximum atomic E-state index is 11.5. The third-order valence-corrected chi connectivity index (χ3v) is 2.75. The molecule has 3 heteroatoms. The van der Waals surface area contributed by atoms with Crippen LogP contribution >= 0.6 is 0 Å². The van der Waals surface area contributed by atoms with E-state index in [1.165, 1.54) is 0 Å². The van der Waals surface area contributed by atoms with E-state index in [1.807, 2.05) is 20.8 Å². The van der Waals surface area contributed by atoms with Crippen molar-refractivity contribution in [3.05, 3.63) is 0 Å². The number of nitrogens with zero attached hydrogens (tertiary/aromatic N) is 1. The van der Waals surface area contributed by atoms with Gasteiger partial charge in [0, 0.05) is 20.0 Å². The summed E-state index contributed by atoms with van der Waals surface area (Å²) in [4.78, 5) is 13.1. The van der Waals surface area contributed by atoms with Crippen molar-refractivity contribution in [2.24, 2.45) is 5.41 Å². The Balaban J connectivity index is 2.94. The van der Waals surface area contributed by atoms with E-state index in [4.69, 9.17) is 0 Å². The van der Waals surface area contributed by atoms with E-state index >= 15 is 0 Å². The molecular weight excluding hydrogens is 154 g/mol. The van der Waals surface area contributed by atoms with E-state index in [-0.39, 0.29) is 11.3 Å². The van der Waals surface area contributed by atoms with Gasteiger partial charge in [0.05, 0.1) is 0 Å². The van der Waals surface area contributed by atoms with Crippen molar-refractivity contribution in [3.63, 3.8) is 0 Å². The highest BCUT2D eigenvalue weighted by molar-refractivity contribution is 5.87. The summed E-state index contributed by atoms with van der Waals surface area (Å²) in [5.41, 5.74) is -1.52.